The number of halogens is 1. The second kappa shape index (κ2) is 11.1. The van der Waals surface area contributed by atoms with Crippen molar-refractivity contribution < 1.29 is 18.9 Å². The molecule has 2 rings (SSSR count). The summed E-state index contributed by atoms with van der Waals surface area (Å²) in [6.07, 6.45) is 0.755. The molecule has 0 radical (unpaired) electrons. The SMILES string of the molecule is CCc1ccc(F)c(/C(C)=N/OCc2c(C)cccc2/C(=N\OC)C(=O)NC)c1NC. The number of nitrogens with one attached hydrogen (secondary N) is 2. The number of carbonyl (C=O) groups excluding carboxylic acids is 1. The van der Waals surface area contributed by atoms with E-state index in [-0.39, 0.29) is 24.0 Å². The highest BCUT2D eigenvalue weighted by molar-refractivity contribution is 6.45. The fourth-order valence-corrected chi connectivity index (χ4v) is 3.33. The summed E-state index contributed by atoms with van der Waals surface area (Å²) in [5, 5.41) is 13.6. The van der Waals surface area contributed by atoms with Gasteiger partial charge in [0.15, 0.2) is 5.71 Å². The van der Waals surface area contributed by atoms with Gasteiger partial charge in [0, 0.05) is 30.9 Å². The predicted molar refractivity (Wildman–Crippen MR) is 121 cm³/mol. The molecule has 0 saturated carbocycles. The Hall–Kier alpha value is -3.42. The second-order valence-electron chi connectivity index (χ2n) is 6.81. The summed E-state index contributed by atoms with van der Waals surface area (Å²) in [5.74, 6) is -0.761. The lowest BCUT2D eigenvalue weighted by Gasteiger charge is -2.15. The summed E-state index contributed by atoms with van der Waals surface area (Å²) in [6, 6.07) is 8.68. The summed E-state index contributed by atoms with van der Waals surface area (Å²) >= 11 is 0. The first-order valence-electron chi connectivity index (χ1n) is 9.97. The van der Waals surface area contributed by atoms with Crippen molar-refractivity contribution in [2.45, 2.75) is 33.8 Å². The van der Waals surface area contributed by atoms with E-state index in [1.165, 1.54) is 20.2 Å². The molecule has 0 aliphatic rings. The zero-order valence-corrected chi connectivity index (χ0v) is 18.8. The van der Waals surface area contributed by atoms with Gasteiger partial charge in [0.05, 0.1) is 11.3 Å². The standard InChI is InChI=1S/C23H29FN4O3/c1-7-16-11-12-19(24)20(21(16)25-4)15(3)27-31-13-18-14(2)9-8-10-17(18)22(28-30-6)23(29)26-5/h8-12,25H,7,13H2,1-6H3,(H,26,29)/b27-15+,28-22+. The van der Waals surface area contributed by atoms with Crippen LogP contribution in [0.2, 0.25) is 0 Å². The summed E-state index contributed by atoms with van der Waals surface area (Å²) in [7, 11) is 4.65. The fraction of sp³-hybridized carbons (Fsp3) is 0.348. The van der Waals surface area contributed by atoms with Crippen molar-refractivity contribution in [3.05, 3.63) is 64.0 Å². The van der Waals surface area contributed by atoms with Crippen molar-refractivity contribution in [2.24, 2.45) is 10.3 Å². The third-order valence-electron chi connectivity index (χ3n) is 4.93. The molecule has 8 heteroatoms. The molecule has 1 amide bonds. The monoisotopic (exact) mass is 428 g/mol. The highest BCUT2D eigenvalue weighted by atomic mass is 19.1. The molecular formula is C23H29FN4O3. The molecule has 0 saturated heterocycles. The Balaban J connectivity index is 2.38. The van der Waals surface area contributed by atoms with Crippen molar-refractivity contribution in [2.75, 3.05) is 26.5 Å². The number of anilines is 1. The van der Waals surface area contributed by atoms with E-state index in [9.17, 15) is 9.18 Å². The number of benzene rings is 2. The zero-order valence-electron chi connectivity index (χ0n) is 18.8. The van der Waals surface area contributed by atoms with Crippen LogP contribution in [0.5, 0.6) is 0 Å². The number of amides is 1. The van der Waals surface area contributed by atoms with E-state index >= 15 is 0 Å². The number of aryl methyl sites for hydroxylation is 2. The van der Waals surface area contributed by atoms with Crippen molar-refractivity contribution in [1.82, 2.24) is 5.32 Å². The quantitative estimate of drug-likeness (QED) is 0.470. The van der Waals surface area contributed by atoms with Gasteiger partial charge in [-0.1, -0.05) is 41.5 Å². The predicted octanol–water partition coefficient (Wildman–Crippen LogP) is 3.78. The Morgan fingerprint density at radius 1 is 1.16 bits per heavy atom. The first-order valence-corrected chi connectivity index (χ1v) is 9.97. The minimum absolute atomic E-state index is 0.0725. The van der Waals surface area contributed by atoms with Crippen molar-refractivity contribution in [3.8, 4) is 0 Å². The smallest absolute Gasteiger partial charge is 0.273 e. The van der Waals surface area contributed by atoms with Crippen molar-refractivity contribution >= 4 is 23.0 Å². The molecule has 0 spiro atoms. The summed E-state index contributed by atoms with van der Waals surface area (Å²) < 4.78 is 14.6. The maximum atomic E-state index is 14.6. The minimum Gasteiger partial charge on any atom is -0.398 e. The maximum absolute atomic E-state index is 14.6. The van der Waals surface area contributed by atoms with Gasteiger partial charge in [-0.05, 0) is 37.5 Å². The topological polar surface area (TPSA) is 84.3 Å². The van der Waals surface area contributed by atoms with Gasteiger partial charge in [-0.15, -0.1) is 0 Å². The molecule has 2 aromatic rings. The number of carbonyl (C=O) groups is 1. The molecule has 0 fully saturated rings. The highest BCUT2D eigenvalue weighted by Crippen LogP contribution is 2.25. The second-order valence-corrected chi connectivity index (χ2v) is 6.81. The molecule has 2 N–H and O–H groups in total. The van der Waals surface area contributed by atoms with E-state index in [2.05, 4.69) is 20.9 Å². The maximum Gasteiger partial charge on any atom is 0.273 e. The van der Waals surface area contributed by atoms with E-state index in [4.69, 9.17) is 9.68 Å². The first-order chi connectivity index (χ1) is 14.9. The van der Waals surface area contributed by atoms with Gasteiger partial charge in [0.25, 0.3) is 5.91 Å². The van der Waals surface area contributed by atoms with E-state index in [1.807, 2.05) is 26.0 Å². The Bertz CT molecular complexity index is 1000. The Morgan fingerprint density at radius 2 is 1.90 bits per heavy atom. The van der Waals surface area contributed by atoms with Crippen LogP contribution in [0.3, 0.4) is 0 Å². The third-order valence-corrected chi connectivity index (χ3v) is 4.93. The van der Waals surface area contributed by atoms with E-state index in [0.29, 0.717) is 22.5 Å². The van der Waals surface area contributed by atoms with Crippen molar-refractivity contribution in [3.63, 3.8) is 0 Å². The molecular weight excluding hydrogens is 399 g/mol. The summed E-state index contributed by atoms with van der Waals surface area (Å²) in [4.78, 5) is 22.7. The number of nitrogens with zero attached hydrogens (tertiary/aromatic N) is 2. The molecule has 0 aliphatic heterocycles. The van der Waals surface area contributed by atoms with Crippen LogP contribution < -0.4 is 10.6 Å². The highest BCUT2D eigenvalue weighted by Gasteiger charge is 2.19. The van der Waals surface area contributed by atoms with Crippen LogP contribution in [0.1, 0.15) is 41.7 Å². The fourth-order valence-electron chi connectivity index (χ4n) is 3.33. The van der Waals surface area contributed by atoms with Gasteiger partial charge < -0.3 is 20.3 Å². The lowest BCUT2D eigenvalue weighted by Crippen LogP contribution is -2.29. The molecule has 31 heavy (non-hydrogen) atoms. The first kappa shape index (κ1) is 23.9. The van der Waals surface area contributed by atoms with Gasteiger partial charge in [-0.25, -0.2) is 4.39 Å². The van der Waals surface area contributed by atoms with Gasteiger partial charge in [-0.2, -0.15) is 0 Å². The molecule has 2 aromatic carbocycles. The zero-order chi connectivity index (χ0) is 23.0. The van der Waals surface area contributed by atoms with Crippen LogP contribution in [0.15, 0.2) is 40.6 Å². The van der Waals surface area contributed by atoms with E-state index in [1.54, 1.807) is 26.1 Å². The van der Waals surface area contributed by atoms with Crippen LogP contribution >= 0.6 is 0 Å². The summed E-state index contributed by atoms with van der Waals surface area (Å²) in [5.41, 5.74) is 4.79. The molecule has 0 heterocycles. The lowest BCUT2D eigenvalue weighted by atomic mass is 9.98. The number of oxime groups is 2. The molecule has 0 unspecified atom stereocenters. The normalized spacial score (nSPS) is 11.8. The Morgan fingerprint density at radius 3 is 2.52 bits per heavy atom. The molecule has 0 aliphatic carbocycles. The van der Waals surface area contributed by atoms with Crippen LogP contribution in [0.4, 0.5) is 10.1 Å². The van der Waals surface area contributed by atoms with Crippen LogP contribution in [-0.2, 0) is 27.5 Å². The Kier molecular flexibility index (Phi) is 8.54. The van der Waals surface area contributed by atoms with Gasteiger partial charge >= 0.3 is 0 Å². The Labute approximate surface area is 182 Å². The van der Waals surface area contributed by atoms with Gasteiger partial charge in [-0.3, -0.25) is 4.79 Å². The lowest BCUT2D eigenvalue weighted by molar-refractivity contribution is -0.114. The third kappa shape index (κ3) is 5.39. The van der Waals surface area contributed by atoms with Crippen LogP contribution in [0, 0.1) is 12.7 Å². The number of likely N-dealkylation sites (N-methyl/N-ethyl adjacent to an activating group) is 1. The van der Waals surface area contributed by atoms with Gasteiger partial charge in [0.2, 0.25) is 0 Å². The molecule has 7 nitrogen and oxygen atoms in total. The molecule has 0 atom stereocenters. The van der Waals surface area contributed by atoms with E-state index in [0.717, 1.165) is 23.1 Å². The molecule has 166 valence electrons. The summed E-state index contributed by atoms with van der Waals surface area (Å²) in [6.45, 7) is 5.67. The average molecular weight is 429 g/mol. The number of rotatable bonds is 9. The van der Waals surface area contributed by atoms with Crippen LogP contribution in [-0.4, -0.2) is 38.5 Å². The largest absolute Gasteiger partial charge is 0.398 e. The van der Waals surface area contributed by atoms with Crippen molar-refractivity contribution in [1.29, 1.82) is 0 Å². The van der Waals surface area contributed by atoms with Crippen LogP contribution in [0.25, 0.3) is 0 Å². The van der Waals surface area contributed by atoms with E-state index < -0.39 is 0 Å². The number of hydrogen-bond acceptors (Lipinski definition) is 6. The average Bonchev–Trinajstić information content (AvgIpc) is 2.77. The minimum atomic E-state index is -0.384. The molecule has 0 bridgehead atoms. The molecule has 0 aromatic heterocycles. The van der Waals surface area contributed by atoms with Gasteiger partial charge in [0.1, 0.15) is 19.5 Å². The number of hydrogen-bond donors (Lipinski definition) is 2.